The fraction of sp³-hybridized carbons (Fsp3) is 0.529. The van der Waals surface area contributed by atoms with E-state index < -0.39 is 0 Å². The van der Waals surface area contributed by atoms with E-state index in [4.69, 9.17) is 5.41 Å². The standard InChI is InChI=1S/C17H25N5O2/c1-6-21-16(19-10(3)4)15(17(24)22(21)7-2)20-13-8-11(5)14(23)9-12(13)18/h8,10,18-19H,6-7,9H2,1-5H3. The summed E-state index contributed by atoms with van der Waals surface area (Å²) in [5, 5.41) is 11.3. The predicted molar refractivity (Wildman–Crippen MR) is 97.0 cm³/mol. The number of hydrogen-bond acceptors (Lipinski definition) is 5. The lowest BCUT2D eigenvalue weighted by Gasteiger charge is -2.15. The number of rotatable bonds is 5. The van der Waals surface area contributed by atoms with Gasteiger partial charge < -0.3 is 10.7 Å². The molecular weight excluding hydrogens is 306 g/mol. The largest absolute Gasteiger partial charge is 0.366 e. The van der Waals surface area contributed by atoms with Crippen LogP contribution in [0.1, 0.15) is 41.0 Å². The van der Waals surface area contributed by atoms with Gasteiger partial charge in [0.25, 0.3) is 5.56 Å². The summed E-state index contributed by atoms with van der Waals surface area (Å²) in [6.45, 7) is 10.8. The molecule has 0 aromatic carbocycles. The minimum absolute atomic E-state index is 0.0323. The molecule has 0 radical (unpaired) electrons. The molecule has 0 spiro atoms. The van der Waals surface area contributed by atoms with Gasteiger partial charge in [-0.15, -0.1) is 0 Å². The second-order valence-electron chi connectivity index (χ2n) is 6.14. The molecule has 7 heteroatoms. The van der Waals surface area contributed by atoms with Crippen LogP contribution in [0.15, 0.2) is 21.4 Å². The van der Waals surface area contributed by atoms with E-state index in [9.17, 15) is 9.59 Å². The molecule has 0 amide bonds. The summed E-state index contributed by atoms with van der Waals surface area (Å²) >= 11 is 0. The maximum atomic E-state index is 12.7. The summed E-state index contributed by atoms with van der Waals surface area (Å²) in [7, 11) is 0. The normalized spacial score (nSPS) is 16.9. The van der Waals surface area contributed by atoms with E-state index in [1.165, 1.54) is 0 Å². The predicted octanol–water partition coefficient (Wildman–Crippen LogP) is 2.52. The lowest BCUT2D eigenvalue weighted by molar-refractivity contribution is -0.114. The number of carbonyl (C=O) groups is 1. The summed E-state index contributed by atoms with van der Waals surface area (Å²) < 4.78 is 3.51. The smallest absolute Gasteiger partial charge is 0.294 e. The molecule has 7 nitrogen and oxygen atoms in total. The first-order chi connectivity index (χ1) is 11.3. The molecule has 24 heavy (non-hydrogen) atoms. The first-order valence-electron chi connectivity index (χ1n) is 8.28. The zero-order valence-electron chi connectivity index (χ0n) is 14.9. The van der Waals surface area contributed by atoms with Crippen LogP contribution in [0.25, 0.3) is 0 Å². The van der Waals surface area contributed by atoms with Crippen LogP contribution in [-0.2, 0) is 17.9 Å². The number of allylic oxidation sites excluding steroid dienone is 2. The van der Waals surface area contributed by atoms with Crippen molar-refractivity contribution in [1.82, 2.24) is 9.36 Å². The van der Waals surface area contributed by atoms with Crippen molar-refractivity contribution in [3.63, 3.8) is 0 Å². The van der Waals surface area contributed by atoms with Gasteiger partial charge in [-0.25, -0.2) is 9.67 Å². The van der Waals surface area contributed by atoms with Crippen molar-refractivity contribution in [2.24, 2.45) is 4.99 Å². The highest BCUT2D eigenvalue weighted by molar-refractivity contribution is 6.51. The molecule has 130 valence electrons. The van der Waals surface area contributed by atoms with Gasteiger partial charge in [0.15, 0.2) is 17.3 Å². The van der Waals surface area contributed by atoms with Crippen molar-refractivity contribution in [2.45, 2.75) is 60.2 Å². The van der Waals surface area contributed by atoms with Crippen LogP contribution < -0.4 is 10.9 Å². The van der Waals surface area contributed by atoms with Gasteiger partial charge in [-0.1, -0.05) is 0 Å². The van der Waals surface area contributed by atoms with Crippen molar-refractivity contribution >= 4 is 28.7 Å². The second-order valence-corrected chi connectivity index (χ2v) is 6.14. The summed E-state index contributed by atoms with van der Waals surface area (Å²) in [6.07, 6.45) is 1.62. The Balaban J connectivity index is 2.67. The van der Waals surface area contributed by atoms with Crippen LogP contribution in [0.4, 0.5) is 11.5 Å². The van der Waals surface area contributed by atoms with Crippen LogP contribution in [0.2, 0.25) is 0 Å². The molecule has 2 rings (SSSR count). The molecule has 1 aliphatic carbocycles. The number of nitrogens with zero attached hydrogens (tertiary/aromatic N) is 3. The Bertz CT molecular complexity index is 793. The first kappa shape index (κ1) is 17.9. The minimum atomic E-state index is -0.189. The maximum absolute atomic E-state index is 12.7. The maximum Gasteiger partial charge on any atom is 0.294 e. The Kier molecular flexibility index (Phi) is 5.21. The molecule has 0 unspecified atom stereocenters. The first-order valence-corrected chi connectivity index (χ1v) is 8.28. The summed E-state index contributed by atoms with van der Waals surface area (Å²) in [5.74, 6) is 0.583. The highest BCUT2D eigenvalue weighted by Gasteiger charge is 2.23. The van der Waals surface area contributed by atoms with Crippen molar-refractivity contribution in [3.8, 4) is 0 Å². The van der Waals surface area contributed by atoms with E-state index in [1.807, 2.05) is 32.4 Å². The highest BCUT2D eigenvalue weighted by Crippen LogP contribution is 2.24. The van der Waals surface area contributed by atoms with Crippen LogP contribution >= 0.6 is 0 Å². The van der Waals surface area contributed by atoms with Crippen LogP contribution in [0.3, 0.4) is 0 Å². The summed E-state index contributed by atoms with van der Waals surface area (Å²) in [5.41, 5.74) is 1.20. The van der Waals surface area contributed by atoms with Crippen LogP contribution in [-0.4, -0.2) is 32.6 Å². The monoisotopic (exact) mass is 331 g/mol. The van der Waals surface area contributed by atoms with E-state index in [-0.39, 0.29) is 29.5 Å². The number of carbonyl (C=O) groups excluding carboxylic acids is 1. The minimum Gasteiger partial charge on any atom is -0.366 e. The van der Waals surface area contributed by atoms with Gasteiger partial charge in [-0.05, 0) is 46.3 Å². The van der Waals surface area contributed by atoms with E-state index in [1.54, 1.807) is 17.7 Å². The molecule has 1 aliphatic rings. The number of aliphatic imine (C=N–C) groups is 1. The number of anilines is 1. The fourth-order valence-electron chi connectivity index (χ4n) is 2.72. The van der Waals surface area contributed by atoms with Gasteiger partial charge in [0.2, 0.25) is 0 Å². The van der Waals surface area contributed by atoms with Gasteiger partial charge in [-0.3, -0.25) is 14.3 Å². The van der Waals surface area contributed by atoms with Crippen molar-refractivity contribution in [3.05, 3.63) is 22.0 Å². The van der Waals surface area contributed by atoms with E-state index >= 15 is 0 Å². The number of Topliss-reactive ketones (excluding diaryl/α,β-unsaturated/α-hetero) is 1. The zero-order chi connectivity index (χ0) is 18.0. The number of nitrogens with one attached hydrogen (secondary N) is 2. The third-order valence-electron chi connectivity index (χ3n) is 3.91. The van der Waals surface area contributed by atoms with Gasteiger partial charge in [0, 0.05) is 19.1 Å². The molecule has 0 saturated carbocycles. The highest BCUT2D eigenvalue weighted by atomic mass is 16.1. The van der Waals surface area contributed by atoms with Gasteiger partial charge >= 0.3 is 0 Å². The van der Waals surface area contributed by atoms with Gasteiger partial charge in [0.1, 0.15) is 0 Å². The second kappa shape index (κ2) is 6.98. The van der Waals surface area contributed by atoms with Crippen molar-refractivity contribution < 1.29 is 4.79 Å². The molecule has 0 atom stereocenters. The number of hydrogen-bond donors (Lipinski definition) is 2. The van der Waals surface area contributed by atoms with Gasteiger partial charge in [-0.2, -0.15) is 0 Å². The van der Waals surface area contributed by atoms with E-state index in [0.717, 1.165) is 0 Å². The van der Waals surface area contributed by atoms with Gasteiger partial charge in [0.05, 0.1) is 17.8 Å². The Morgan fingerprint density at radius 2 is 1.88 bits per heavy atom. The quantitative estimate of drug-likeness (QED) is 0.868. The summed E-state index contributed by atoms with van der Waals surface area (Å²) in [6, 6.07) is 0.138. The molecule has 0 saturated heterocycles. The Morgan fingerprint density at radius 3 is 2.42 bits per heavy atom. The third-order valence-corrected chi connectivity index (χ3v) is 3.91. The third kappa shape index (κ3) is 3.25. The molecule has 0 aliphatic heterocycles. The average Bonchev–Trinajstić information content (AvgIpc) is 2.75. The SMILES string of the molecule is CCn1c(NC(C)C)c(N=C2C=C(C)C(=O)CC2=N)c(=O)n1CC. The molecule has 0 fully saturated rings. The van der Waals surface area contributed by atoms with Crippen molar-refractivity contribution in [1.29, 1.82) is 5.41 Å². The lowest BCUT2D eigenvalue weighted by atomic mass is 9.96. The Hall–Kier alpha value is -2.44. The molecular formula is C17H25N5O2. The molecule has 1 heterocycles. The topological polar surface area (TPSA) is 92.2 Å². The number of ketones is 1. The van der Waals surface area contributed by atoms with E-state index in [0.29, 0.717) is 35.9 Å². The average molecular weight is 331 g/mol. The summed E-state index contributed by atoms with van der Waals surface area (Å²) in [4.78, 5) is 28.9. The molecule has 1 aromatic heterocycles. The number of aromatic nitrogens is 2. The van der Waals surface area contributed by atoms with Crippen molar-refractivity contribution in [2.75, 3.05) is 5.32 Å². The lowest BCUT2D eigenvalue weighted by Crippen LogP contribution is -2.23. The van der Waals surface area contributed by atoms with Crippen LogP contribution in [0.5, 0.6) is 0 Å². The molecule has 1 aromatic rings. The fourth-order valence-corrected chi connectivity index (χ4v) is 2.72. The Labute approximate surface area is 141 Å². The van der Waals surface area contributed by atoms with E-state index in [2.05, 4.69) is 10.3 Å². The molecule has 2 N–H and O–H groups in total. The Morgan fingerprint density at radius 1 is 1.25 bits per heavy atom. The molecule has 0 bridgehead atoms. The van der Waals surface area contributed by atoms with Crippen LogP contribution in [0, 0.1) is 5.41 Å². The zero-order valence-corrected chi connectivity index (χ0v) is 14.9.